The summed E-state index contributed by atoms with van der Waals surface area (Å²) in [5.74, 6) is 0.568. The highest BCUT2D eigenvalue weighted by molar-refractivity contribution is 6.05. The molecule has 1 fully saturated rings. The van der Waals surface area contributed by atoms with Gasteiger partial charge in [-0.2, -0.15) is 5.10 Å². The van der Waals surface area contributed by atoms with E-state index >= 15 is 0 Å². The van der Waals surface area contributed by atoms with E-state index in [2.05, 4.69) is 20.1 Å². The molecule has 0 atom stereocenters. The van der Waals surface area contributed by atoms with Crippen molar-refractivity contribution in [1.29, 1.82) is 0 Å². The monoisotopic (exact) mass is 429 g/mol. The Morgan fingerprint density at radius 2 is 1.75 bits per heavy atom. The first-order valence-corrected chi connectivity index (χ1v) is 10.6. The average molecular weight is 429 g/mol. The topological polar surface area (TPSA) is 89.2 Å². The molecule has 0 aliphatic carbocycles. The average Bonchev–Trinajstić information content (AvgIpc) is 3.38. The van der Waals surface area contributed by atoms with Crippen molar-refractivity contribution in [2.45, 2.75) is 6.54 Å². The number of amides is 1. The van der Waals surface area contributed by atoms with Crippen LogP contribution in [0.3, 0.4) is 0 Å². The lowest BCUT2D eigenvalue weighted by Crippen LogP contribution is -2.49. The first kappa shape index (κ1) is 20.1. The molecule has 9 heteroatoms. The molecule has 4 aromatic rings. The van der Waals surface area contributed by atoms with E-state index in [0.29, 0.717) is 37.7 Å². The van der Waals surface area contributed by atoms with Gasteiger partial charge in [-0.3, -0.25) is 19.5 Å². The fourth-order valence-electron chi connectivity index (χ4n) is 3.98. The number of rotatable bonds is 5. The van der Waals surface area contributed by atoms with Gasteiger partial charge in [0.05, 0.1) is 6.54 Å². The quantitative estimate of drug-likeness (QED) is 0.477. The fraction of sp³-hybridized carbons (Fsp3) is 0.261. The number of hydrogen-bond donors (Lipinski definition) is 0. The van der Waals surface area contributed by atoms with E-state index in [4.69, 9.17) is 0 Å². The number of pyridine rings is 1. The number of hydrogen-bond acceptors (Lipinski definition) is 6. The zero-order valence-corrected chi connectivity index (χ0v) is 17.5. The van der Waals surface area contributed by atoms with Crippen molar-refractivity contribution < 1.29 is 4.79 Å². The van der Waals surface area contributed by atoms with Crippen LogP contribution in [0.5, 0.6) is 0 Å². The lowest BCUT2D eigenvalue weighted by molar-refractivity contribution is 0.0628. The van der Waals surface area contributed by atoms with E-state index in [0.717, 1.165) is 23.9 Å². The first-order valence-electron chi connectivity index (χ1n) is 10.6. The van der Waals surface area contributed by atoms with E-state index < -0.39 is 0 Å². The molecule has 0 N–H and O–H groups in total. The van der Waals surface area contributed by atoms with Gasteiger partial charge < -0.3 is 4.90 Å². The second-order valence-electron chi connectivity index (χ2n) is 7.72. The highest BCUT2D eigenvalue weighted by atomic mass is 16.2. The van der Waals surface area contributed by atoms with E-state index in [1.54, 1.807) is 29.3 Å². The molecule has 1 aliphatic rings. The summed E-state index contributed by atoms with van der Waals surface area (Å²) >= 11 is 0. The fourth-order valence-corrected chi connectivity index (χ4v) is 3.98. The Bertz CT molecular complexity index is 1290. The minimum atomic E-state index is -0.142. The molecular formula is C23H23N7O2. The molecule has 0 spiro atoms. The van der Waals surface area contributed by atoms with Crippen LogP contribution in [-0.4, -0.2) is 73.0 Å². The summed E-state index contributed by atoms with van der Waals surface area (Å²) in [6, 6.07) is 14.7. The molecule has 1 amide bonds. The Morgan fingerprint density at radius 1 is 0.906 bits per heavy atom. The molecule has 1 saturated heterocycles. The number of carbonyl (C=O) groups excluding carboxylic acids is 1. The van der Waals surface area contributed by atoms with Crippen molar-refractivity contribution in [2.75, 3.05) is 32.7 Å². The van der Waals surface area contributed by atoms with Gasteiger partial charge in [-0.05, 0) is 23.6 Å². The van der Waals surface area contributed by atoms with Crippen molar-refractivity contribution in [3.63, 3.8) is 0 Å². The third kappa shape index (κ3) is 4.02. The molecule has 5 rings (SSSR count). The predicted molar refractivity (Wildman–Crippen MR) is 120 cm³/mol. The Balaban J connectivity index is 1.21. The number of fused-ring (bicyclic) bond motifs is 1. The summed E-state index contributed by atoms with van der Waals surface area (Å²) in [7, 11) is 0. The maximum absolute atomic E-state index is 13.1. The molecule has 0 bridgehead atoms. The molecule has 162 valence electrons. The number of carbonyl (C=O) groups is 1. The summed E-state index contributed by atoms with van der Waals surface area (Å²) in [4.78, 5) is 33.7. The number of aromatic nitrogens is 5. The van der Waals surface area contributed by atoms with E-state index in [-0.39, 0.29) is 11.5 Å². The minimum Gasteiger partial charge on any atom is -0.335 e. The third-order valence-corrected chi connectivity index (χ3v) is 5.76. The molecule has 9 nitrogen and oxygen atoms in total. The normalized spacial score (nSPS) is 14.7. The summed E-state index contributed by atoms with van der Waals surface area (Å²) in [5.41, 5.74) is 0.361. The van der Waals surface area contributed by atoms with Gasteiger partial charge in [0.15, 0.2) is 5.82 Å². The summed E-state index contributed by atoms with van der Waals surface area (Å²) < 4.78 is 3.09. The van der Waals surface area contributed by atoms with Crippen LogP contribution in [0.2, 0.25) is 0 Å². The maximum atomic E-state index is 13.1. The molecular weight excluding hydrogens is 406 g/mol. The van der Waals surface area contributed by atoms with Crippen LogP contribution < -0.4 is 5.56 Å². The number of piperazine rings is 1. The Morgan fingerprint density at radius 3 is 2.56 bits per heavy atom. The van der Waals surface area contributed by atoms with Gasteiger partial charge in [-0.15, -0.1) is 5.10 Å². The molecule has 0 saturated carbocycles. The highest BCUT2D eigenvalue weighted by Crippen LogP contribution is 2.18. The molecule has 0 unspecified atom stereocenters. The zero-order chi connectivity index (χ0) is 21.9. The summed E-state index contributed by atoms with van der Waals surface area (Å²) in [6.07, 6.45) is 5.15. The van der Waals surface area contributed by atoms with Gasteiger partial charge in [0, 0.05) is 62.8 Å². The highest BCUT2D eigenvalue weighted by Gasteiger charge is 2.24. The van der Waals surface area contributed by atoms with E-state index in [1.165, 1.54) is 10.7 Å². The lowest BCUT2D eigenvalue weighted by Gasteiger charge is -2.34. The Labute approximate surface area is 184 Å². The standard InChI is InChI=1S/C23H23N7O2/c31-21-7-6-20(29-11-3-9-25-29)26-30(21)17-14-27-12-15-28(16-13-27)23(32)22-19-5-2-1-4-18(19)8-10-24-22/h1-11H,12-17H2. The van der Waals surface area contributed by atoms with Gasteiger partial charge in [0.25, 0.3) is 11.5 Å². The SMILES string of the molecule is O=C(c1nccc2ccccc12)N1CCN(CCn2nc(-n3cccn3)ccc2=O)CC1. The summed E-state index contributed by atoms with van der Waals surface area (Å²) in [6.45, 7) is 3.89. The second kappa shape index (κ2) is 8.72. The smallest absolute Gasteiger partial charge is 0.273 e. The Kier molecular flexibility index (Phi) is 5.47. The molecule has 0 radical (unpaired) electrons. The zero-order valence-electron chi connectivity index (χ0n) is 17.5. The Hall–Kier alpha value is -3.85. The second-order valence-corrected chi connectivity index (χ2v) is 7.72. The van der Waals surface area contributed by atoms with Gasteiger partial charge in [-0.1, -0.05) is 24.3 Å². The molecule has 4 heterocycles. The third-order valence-electron chi connectivity index (χ3n) is 5.76. The lowest BCUT2D eigenvalue weighted by atomic mass is 10.1. The van der Waals surface area contributed by atoms with E-state index in [9.17, 15) is 9.59 Å². The predicted octanol–water partition coefficient (Wildman–Crippen LogP) is 1.44. The van der Waals surface area contributed by atoms with Crippen LogP contribution in [0.1, 0.15) is 10.5 Å². The van der Waals surface area contributed by atoms with Crippen LogP contribution in [0.15, 0.2) is 71.9 Å². The number of benzene rings is 1. The van der Waals surface area contributed by atoms with Crippen LogP contribution in [0.25, 0.3) is 16.6 Å². The van der Waals surface area contributed by atoms with Crippen LogP contribution in [-0.2, 0) is 6.54 Å². The summed E-state index contributed by atoms with van der Waals surface area (Å²) in [5, 5.41) is 10.5. The minimum absolute atomic E-state index is 0.0359. The van der Waals surface area contributed by atoms with Crippen LogP contribution >= 0.6 is 0 Å². The van der Waals surface area contributed by atoms with Crippen molar-refractivity contribution in [2.24, 2.45) is 0 Å². The van der Waals surface area contributed by atoms with E-state index in [1.807, 2.05) is 41.3 Å². The number of nitrogens with zero attached hydrogens (tertiary/aromatic N) is 7. The molecule has 3 aromatic heterocycles. The largest absolute Gasteiger partial charge is 0.335 e. The van der Waals surface area contributed by atoms with Gasteiger partial charge in [0.1, 0.15) is 5.69 Å². The van der Waals surface area contributed by atoms with Crippen LogP contribution in [0.4, 0.5) is 0 Å². The maximum Gasteiger partial charge on any atom is 0.273 e. The van der Waals surface area contributed by atoms with Crippen molar-refractivity contribution in [1.82, 2.24) is 34.3 Å². The van der Waals surface area contributed by atoms with Crippen molar-refractivity contribution >= 4 is 16.7 Å². The van der Waals surface area contributed by atoms with Gasteiger partial charge in [0.2, 0.25) is 0 Å². The molecule has 32 heavy (non-hydrogen) atoms. The van der Waals surface area contributed by atoms with Gasteiger partial charge >= 0.3 is 0 Å². The molecule has 1 aromatic carbocycles. The van der Waals surface area contributed by atoms with Crippen molar-refractivity contribution in [3.05, 3.63) is 83.2 Å². The molecule has 1 aliphatic heterocycles. The van der Waals surface area contributed by atoms with Crippen molar-refractivity contribution in [3.8, 4) is 5.82 Å². The first-order chi connectivity index (χ1) is 15.7. The van der Waals surface area contributed by atoms with Gasteiger partial charge in [-0.25, -0.2) is 9.36 Å². The van der Waals surface area contributed by atoms with Crippen LogP contribution in [0, 0.1) is 0 Å².